The average molecular weight is 557 g/mol. The molecule has 208 valence electrons. The van der Waals surface area contributed by atoms with E-state index in [1.165, 1.54) is 6.07 Å². The average Bonchev–Trinajstić information content (AvgIpc) is 2.92. The van der Waals surface area contributed by atoms with E-state index in [0.717, 1.165) is 56.5 Å². The van der Waals surface area contributed by atoms with Gasteiger partial charge in [0.2, 0.25) is 5.91 Å². The fourth-order valence-corrected chi connectivity index (χ4v) is 4.97. The van der Waals surface area contributed by atoms with Gasteiger partial charge in [-0.05, 0) is 57.1 Å². The standard InChI is InChI=1S/C31H44N2O3S2/c1-2-3-4-5-6-7-8-9-10-11-12-13-14-15-16-17-18-23-30(35)32-24-26-37-38-27-25-33-31(36)28-21-19-20-22-29(28)34/h3-4,6-7,9-10,12-13,15-16,19-22,34H,2,5,8,11,14,17-18,23-27H2,1H3,(H,32,35)(H,33,36)/b4-3-,7-6-,10-9-,13-12-,16-15-. The highest BCUT2D eigenvalue weighted by Crippen LogP contribution is 2.20. The lowest BCUT2D eigenvalue weighted by atomic mass is 10.2. The van der Waals surface area contributed by atoms with Crippen molar-refractivity contribution in [1.29, 1.82) is 0 Å². The molecule has 0 saturated carbocycles. The number of carbonyl (C=O) groups excluding carboxylic acids is 2. The fourth-order valence-electron chi connectivity index (χ4n) is 3.15. The monoisotopic (exact) mass is 556 g/mol. The number of allylic oxidation sites excluding steroid dienone is 10. The molecule has 1 rings (SSSR count). The molecule has 0 heterocycles. The number of para-hydroxylation sites is 1. The summed E-state index contributed by atoms with van der Waals surface area (Å²) in [5.41, 5.74) is 0.286. The van der Waals surface area contributed by atoms with Gasteiger partial charge in [-0.25, -0.2) is 0 Å². The van der Waals surface area contributed by atoms with Crippen molar-refractivity contribution in [3.63, 3.8) is 0 Å². The summed E-state index contributed by atoms with van der Waals surface area (Å²) in [6, 6.07) is 6.50. The molecule has 0 saturated heterocycles. The zero-order valence-electron chi connectivity index (χ0n) is 22.6. The van der Waals surface area contributed by atoms with Crippen LogP contribution in [0.25, 0.3) is 0 Å². The minimum Gasteiger partial charge on any atom is -0.507 e. The van der Waals surface area contributed by atoms with Crippen LogP contribution in [0.4, 0.5) is 0 Å². The summed E-state index contributed by atoms with van der Waals surface area (Å²) in [4.78, 5) is 23.9. The second-order valence-electron chi connectivity index (χ2n) is 8.37. The smallest absolute Gasteiger partial charge is 0.255 e. The van der Waals surface area contributed by atoms with E-state index in [2.05, 4.69) is 78.3 Å². The molecule has 0 aliphatic rings. The zero-order chi connectivity index (χ0) is 27.5. The second-order valence-corrected chi connectivity index (χ2v) is 11.1. The summed E-state index contributed by atoms with van der Waals surface area (Å²) in [6.45, 7) is 3.31. The van der Waals surface area contributed by atoms with Gasteiger partial charge in [0.15, 0.2) is 0 Å². The van der Waals surface area contributed by atoms with Crippen LogP contribution in [-0.4, -0.2) is 41.5 Å². The van der Waals surface area contributed by atoms with Gasteiger partial charge < -0.3 is 15.7 Å². The van der Waals surface area contributed by atoms with E-state index >= 15 is 0 Å². The molecule has 0 aliphatic carbocycles. The first-order valence-corrected chi connectivity index (χ1v) is 16.0. The summed E-state index contributed by atoms with van der Waals surface area (Å²) in [6.07, 6.45) is 29.2. The van der Waals surface area contributed by atoms with Gasteiger partial charge in [0.1, 0.15) is 5.75 Å². The maximum absolute atomic E-state index is 12.0. The lowest BCUT2D eigenvalue weighted by Crippen LogP contribution is -2.26. The normalized spacial score (nSPS) is 12.0. The van der Waals surface area contributed by atoms with Crippen LogP contribution in [0.1, 0.15) is 68.6 Å². The summed E-state index contributed by atoms with van der Waals surface area (Å²) in [5, 5.41) is 15.4. The van der Waals surface area contributed by atoms with Crippen LogP contribution >= 0.6 is 21.6 Å². The number of benzene rings is 1. The van der Waals surface area contributed by atoms with Crippen molar-refractivity contribution < 1.29 is 14.7 Å². The third-order valence-corrected chi connectivity index (χ3v) is 7.55. The van der Waals surface area contributed by atoms with Gasteiger partial charge in [-0.15, -0.1) is 0 Å². The maximum Gasteiger partial charge on any atom is 0.255 e. The Morgan fingerprint density at radius 3 is 1.87 bits per heavy atom. The van der Waals surface area contributed by atoms with Crippen molar-refractivity contribution in [1.82, 2.24) is 10.6 Å². The molecular formula is C31H44N2O3S2. The van der Waals surface area contributed by atoms with Crippen LogP contribution in [0.5, 0.6) is 5.75 Å². The van der Waals surface area contributed by atoms with Gasteiger partial charge in [0.05, 0.1) is 5.56 Å². The molecule has 0 bridgehead atoms. The van der Waals surface area contributed by atoms with Crippen molar-refractivity contribution in [2.24, 2.45) is 0 Å². The maximum atomic E-state index is 12.0. The molecule has 1 aromatic rings. The number of phenolic OH excluding ortho intramolecular Hbond substituents is 1. The lowest BCUT2D eigenvalue weighted by molar-refractivity contribution is -0.121. The predicted molar refractivity (Wildman–Crippen MR) is 167 cm³/mol. The first-order chi connectivity index (χ1) is 18.6. The molecule has 0 atom stereocenters. The number of amides is 2. The highest BCUT2D eigenvalue weighted by molar-refractivity contribution is 8.76. The van der Waals surface area contributed by atoms with Gasteiger partial charge in [-0.3, -0.25) is 9.59 Å². The van der Waals surface area contributed by atoms with E-state index < -0.39 is 0 Å². The summed E-state index contributed by atoms with van der Waals surface area (Å²) in [5.74, 6) is 1.38. The minimum absolute atomic E-state index is 0.0133. The van der Waals surface area contributed by atoms with E-state index in [9.17, 15) is 14.7 Å². The molecule has 2 amide bonds. The molecule has 0 spiro atoms. The Bertz CT molecular complexity index is 923. The third kappa shape index (κ3) is 19.5. The Morgan fingerprint density at radius 2 is 1.29 bits per heavy atom. The Balaban J connectivity index is 1.90. The van der Waals surface area contributed by atoms with Crippen LogP contribution in [0, 0.1) is 0 Å². The first kappa shape index (κ1) is 33.4. The predicted octanol–water partition coefficient (Wildman–Crippen LogP) is 7.54. The van der Waals surface area contributed by atoms with Crippen molar-refractivity contribution in [2.75, 3.05) is 24.6 Å². The molecule has 3 N–H and O–H groups in total. The van der Waals surface area contributed by atoms with Crippen LogP contribution in [0.3, 0.4) is 0 Å². The molecule has 0 fully saturated rings. The third-order valence-electron chi connectivity index (χ3n) is 5.14. The number of phenols is 1. The molecule has 0 aromatic heterocycles. The van der Waals surface area contributed by atoms with Crippen molar-refractivity contribution >= 4 is 33.4 Å². The van der Waals surface area contributed by atoms with Crippen molar-refractivity contribution in [2.45, 2.75) is 58.3 Å². The number of aromatic hydroxyl groups is 1. The second kappa shape index (κ2) is 24.7. The number of hydrogen-bond donors (Lipinski definition) is 3. The van der Waals surface area contributed by atoms with E-state index in [0.29, 0.717) is 19.5 Å². The van der Waals surface area contributed by atoms with Crippen LogP contribution in [0.15, 0.2) is 85.0 Å². The van der Waals surface area contributed by atoms with E-state index in [1.807, 2.05) is 0 Å². The fraction of sp³-hybridized carbons (Fsp3) is 0.419. The summed E-state index contributed by atoms with van der Waals surface area (Å²) in [7, 11) is 3.32. The Morgan fingerprint density at radius 1 is 0.763 bits per heavy atom. The molecule has 0 radical (unpaired) electrons. The van der Waals surface area contributed by atoms with Gasteiger partial charge in [-0.1, -0.05) is 101 Å². The van der Waals surface area contributed by atoms with Crippen molar-refractivity contribution in [3.8, 4) is 5.75 Å². The SMILES string of the molecule is CC/C=C\C/C=C\C/C=C\C/C=C\C/C=C\CCCC(=O)NCCSSCCNC(=O)c1ccccc1O. The van der Waals surface area contributed by atoms with Crippen molar-refractivity contribution in [3.05, 3.63) is 90.6 Å². The van der Waals surface area contributed by atoms with E-state index in [1.54, 1.807) is 39.8 Å². The van der Waals surface area contributed by atoms with Gasteiger partial charge in [0.25, 0.3) is 5.91 Å². The summed E-state index contributed by atoms with van der Waals surface area (Å²) >= 11 is 0. The number of nitrogens with one attached hydrogen (secondary N) is 2. The molecule has 38 heavy (non-hydrogen) atoms. The van der Waals surface area contributed by atoms with Crippen LogP contribution in [-0.2, 0) is 4.79 Å². The molecule has 5 nitrogen and oxygen atoms in total. The minimum atomic E-state index is -0.273. The van der Waals surface area contributed by atoms with Gasteiger partial charge in [-0.2, -0.15) is 0 Å². The van der Waals surface area contributed by atoms with Gasteiger partial charge >= 0.3 is 0 Å². The molecule has 1 aromatic carbocycles. The molecule has 0 unspecified atom stereocenters. The molecule has 7 heteroatoms. The zero-order valence-corrected chi connectivity index (χ0v) is 24.3. The van der Waals surface area contributed by atoms with Gasteiger partial charge in [0, 0.05) is 31.0 Å². The number of rotatable bonds is 21. The summed E-state index contributed by atoms with van der Waals surface area (Å²) < 4.78 is 0. The first-order valence-electron chi connectivity index (χ1n) is 13.5. The topological polar surface area (TPSA) is 78.4 Å². The lowest BCUT2D eigenvalue weighted by Gasteiger charge is -2.07. The quantitative estimate of drug-likeness (QED) is 0.0828. The van der Waals surface area contributed by atoms with E-state index in [-0.39, 0.29) is 23.1 Å². The highest BCUT2D eigenvalue weighted by atomic mass is 33.1. The number of unbranched alkanes of at least 4 members (excludes halogenated alkanes) is 1. The highest BCUT2D eigenvalue weighted by Gasteiger charge is 2.08. The Labute approximate surface area is 237 Å². The van der Waals surface area contributed by atoms with E-state index in [4.69, 9.17) is 0 Å². The number of carbonyl (C=O) groups is 2. The molecular weight excluding hydrogens is 512 g/mol. The molecule has 0 aliphatic heterocycles. The Hall–Kier alpha value is -2.64. The largest absolute Gasteiger partial charge is 0.507 e. The number of hydrogen-bond acceptors (Lipinski definition) is 5. The Kier molecular flexibility index (Phi) is 21.7. The van der Waals surface area contributed by atoms with Crippen LogP contribution in [0.2, 0.25) is 0 Å². The van der Waals surface area contributed by atoms with Crippen LogP contribution < -0.4 is 10.6 Å².